The largest absolute Gasteiger partial charge is 0.380 e. The van der Waals surface area contributed by atoms with Crippen molar-refractivity contribution in [2.24, 2.45) is 5.73 Å². The third-order valence-corrected chi connectivity index (χ3v) is 5.80. The second-order valence-corrected chi connectivity index (χ2v) is 7.50. The van der Waals surface area contributed by atoms with Gasteiger partial charge >= 0.3 is 0 Å². The van der Waals surface area contributed by atoms with Crippen LogP contribution in [0, 0.1) is 11.6 Å². The molecule has 0 amide bonds. The van der Waals surface area contributed by atoms with Gasteiger partial charge in [0.25, 0.3) is 0 Å². The molecule has 150 valence electrons. The van der Waals surface area contributed by atoms with Crippen LogP contribution in [0.25, 0.3) is 11.3 Å². The van der Waals surface area contributed by atoms with Gasteiger partial charge in [-0.25, -0.2) is 8.78 Å². The Labute approximate surface area is 168 Å². The Morgan fingerprint density at radius 1 is 0.931 bits per heavy atom. The highest BCUT2D eigenvalue weighted by atomic mass is 19.1. The van der Waals surface area contributed by atoms with Gasteiger partial charge in [-0.1, -0.05) is 30.3 Å². The Kier molecular flexibility index (Phi) is 5.15. The van der Waals surface area contributed by atoms with Crippen LogP contribution in [-0.2, 0) is 5.41 Å². The fourth-order valence-electron chi connectivity index (χ4n) is 4.07. The van der Waals surface area contributed by atoms with Gasteiger partial charge in [-0.2, -0.15) is 0 Å². The van der Waals surface area contributed by atoms with Gasteiger partial charge in [-0.15, -0.1) is 10.2 Å². The summed E-state index contributed by atoms with van der Waals surface area (Å²) in [6.45, 7) is 2.07. The molecule has 5 nitrogen and oxygen atoms in total. The first-order valence-electron chi connectivity index (χ1n) is 9.61. The number of rotatable bonds is 4. The number of nitrogen functional groups attached to an aromatic ring is 1. The molecule has 2 aromatic carbocycles. The van der Waals surface area contributed by atoms with Gasteiger partial charge in [0, 0.05) is 36.7 Å². The maximum Gasteiger partial charge on any atom is 0.169 e. The molecule has 1 aromatic heterocycles. The van der Waals surface area contributed by atoms with Crippen molar-refractivity contribution in [3.8, 4) is 11.3 Å². The Balaban J connectivity index is 1.60. The summed E-state index contributed by atoms with van der Waals surface area (Å²) in [6.07, 6.45) is 1.75. The average Bonchev–Trinajstić information content (AvgIpc) is 2.74. The Morgan fingerprint density at radius 3 is 2.21 bits per heavy atom. The predicted octanol–water partition coefficient (Wildman–Crippen LogP) is 3.50. The number of benzene rings is 2. The molecule has 0 radical (unpaired) electrons. The van der Waals surface area contributed by atoms with Gasteiger partial charge in [-0.05, 0) is 36.6 Å². The molecular formula is C22H23F2N5. The first-order chi connectivity index (χ1) is 14.0. The van der Waals surface area contributed by atoms with Gasteiger partial charge in [-0.3, -0.25) is 0 Å². The number of hydrogen-bond acceptors (Lipinski definition) is 5. The quantitative estimate of drug-likeness (QED) is 0.707. The molecule has 4 rings (SSSR count). The van der Waals surface area contributed by atoms with Crippen LogP contribution in [0.4, 0.5) is 20.3 Å². The number of halogens is 2. The molecule has 0 spiro atoms. The van der Waals surface area contributed by atoms with E-state index in [4.69, 9.17) is 11.5 Å². The number of nitrogens with two attached hydrogens (primary N) is 2. The molecule has 3 aromatic rings. The average molecular weight is 395 g/mol. The van der Waals surface area contributed by atoms with Crippen molar-refractivity contribution in [2.45, 2.75) is 18.3 Å². The van der Waals surface area contributed by atoms with E-state index >= 15 is 0 Å². The summed E-state index contributed by atoms with van der Waals surface area (Å²) in [4.78, 5) is 2.14. The molecule has 1 fully saturated rings. The van der Waals surface area contributed by atoms with E-state index < -0.39 is 11.6 Å². The highest BCUT2D eigenvalue weighted by Crippen LogP contribution is 2.37. The van der Waals surface area contributed by atoms with E-state index in [1.807, 2.05) is 18.2 Å². The van der Waals surface area contributed by atoms with Gasteiger partial charge in [0.15, 0.2) is 5.82 Å². The number of piperidine rings is 1. The zero-order valence-corrected chi connectivity index (χ0v) is 16.0. The summed E-state index contributed by atoms with van der Waals surface area (Å²) < 4.78 is 27.2. The third-order valence-electron chi connectivity index (χ3n) is 5.80. The Bertz CT molecular complexity index is 981. The van der Waals surface area contributed by atoms with Crippen LogP contribution in [0.2, 0.25) is 0 Å². The van der Waals surface area contributed by atoms with Crippen LogP contribution in [0.1, 0.15) is 18.4 Å². The summed E-state index contributed by atoms with van der Waals surface area (Å²) in [5, 5.41) is 8.04. The molecule has 4 N–H and O–H groups in total. The van der Waals surface area contributed by atoms with Crippen LogP contribution in [0.5, 0.6) is 0 Å². The minimum Gasteiger partial charge on any atom is -0.380 e. The van der Waals surface area contributed by atoms with Crippen molar-refractivity contribution >= 4 is 11.5 Å². The molecule has 2 heterocycles. The van der Waals surface area contributed by atoms with Crippen molar-refractivity contribution in [3.63, 3.8) is 0 Å². The van der Waals surface area contributed by atoms with Crippen LogP contribution in [-0.4, -0.2) is 29.8 Å². The molecule has 7 heteroatoms. The van der Waals surface area contributed by atoms with Gasteiger partial charge < -0.3 is 16.4 Å². The molecule has 0 unspecified atom stereocenters. The summed E-state index contributed by atoms with van der Waals surface area (Å²) in [5.41, 5.74) is 14.9. The molecule has 1 aliphatic heterocycles. The molecule has 0 saturated carbocycles. The lowest BCUT2D eigenvalue weighted by molar-refractivity contribution is 0.340. The number of anilines is 2. The zero-order valence-electron chi connectivity index (χ0n) is 16.0. The Hall–Kier alpha value is -3.06. The van der Waals surface area contributed by atoms with Crippen LogP contribution >= 0.6 is 0 Å². The second-order valence-electron chi connectivity index (χ2n) is 7.50. The zero-order chi connectivity index (χ0) is 20.4. The fourth-order valence-corrected chi connectivity index (χ4v) is 4.07. The SMILES string of the molecule is NCC1(c2ccccc2)CCN(c2cc(-c3cc(F)cc(F)c3)nnc2N)CC1. The first kappa shape index (κ1) is 19.3. The number of hydrogen-bond donors (Lipinski definition) is 2. The second kappa shape index (κ2) is 7.75. The lowest BCUT2D eigenvalue weighted by atomic mass is 9.73. The predicted molar refractivity (Wildman–Crippen MR) is 110 cm³/mol. The van der Waals surface area contributed by atoms with Crippen molar-refractivity contribution < 1.29 is 8.78 Å². The smallest absolute Gasteiger partial charge is 0.169 e. The Morgan fingerprint density at radius 2 is 1.59 bits per heavy atom. The van der Waals surface area contributed by atoms with Gasteiger partial charge in [0.05, 0.1) is 11.4 Å². The van der Waals surface area contributed by atoms with Crippen LogP contribution in [0.15, 0.2) is 54.6 Å². The van der Waals surface area contributed by atoms with E-state index in [1.54, 1.807) is 6.07 Å². The summed E-state index contributed by atoms with van der Waals surface area (Å²) in [6, 6.07) is 15.4. The minimum atomic E-state index is -0.659. The molecule has 0 aliphatic carbocycles. The maximum atomic E-state index is 13.6. The fraction of sp³-hybridized carbons (Fsp3) is 0.273. The van der Waals surface area contributed by atoms with Gasteiger partial charge in [0.1, 0.15) is 11.6 Å². The third kappa shape index (κ3) is 3.78. The number of aromatic nitrogens is 2. The maximum absolute atomic E-state index is 13.6. The lowest BCUT2D eigenvalue weighted by Crippen LogP contribution is -2.47. The number of nitrogens with zero attached hydrogens (tertiary/aromatic N) is 3. The van der Waals surface area contributed by atoms with Crippen molar-refractivity contribution in [1.29, 1.82) is 0 Å². The summed E-state index contributed by atoms with van der Waals surface area (Å²) >= 11 is 0. The van der Waals surface area contributed by atoms with Crippen LogP contribution < -0.4 is 16.4 Å². The van der Waals surface area contributed by atoms with E-state index in [0.717, 1.165) is 37.7 Å². The van der Waals surface area contributed by atoms with E-state index in [9.17, 15) is 8.78 Å². The van der Waals surface area contributed by atoms with E-state index in [-0.39, 0.29) is 5.41 Å². The molecule has 1 aliphatic rings. The normalized spacial score (nSPS) is 16.0. The van der Waals surface area contributed by atoms with Crippen molar-refractivity contribution in [3.05, 3.63) is 71.8 Å². The van der Waals surface area contributed by atoms with Crippen molar-refractivity contribution in [2.75, 3.05) is 30.3 Å². The summed E-state index contributed by atoms with van der Waals surface area (Å²) in [5.74, 6) is -1.02. The molecule has 0 bridgehead atoms. The standard InChI is InChI=1S/C22H23F2N5/c23-17-10-15(11-18(24)12-17)19-13-20(21(26)28-27-19)29-8-6-22(14-25,7-9-29)16-4-2-1-3-5-16/h1-5,10-13H,6-9,14,25H2,(H2,26,28). The van der Waals surface area contributed by atoms with E-state index in [2.05, 4.69) is 27.2 Å². The van der Waals surface area contributed by atoms with Crippen molar-refractivity contribution in [1.82, 2.24) is 10.2 Å². The van der Waals surface area contributed by atoms with Crippen LogP contribution in [0.3, 0.4) is 0 Å². The molecule has 0 atom stereocenters. The van der Waals surface area contributed by atoms with E-state index in [1.165, 1.54) is 17.7 Å². The molecule has 1 saturated heterocycles. The molecule has 29 heavy (non-hydrogen) atoms. The highest BCUT2D eigenvalue weighted by molar-refractivity contribution is 5.71. The lowest BCUT2D eigenvalue weighted by Gasteiger charge is -2.42. The van der Waals surface area contributed by atoms with E-state index in [0.29, 0.717) is 23.6 Å². The van der Waals surface area contributed by atoms with Gasteiger partial charge in [0.2, 0.25) is 0 Å². The monoisotopic (exact) mass is 395 g/mol. The minimum absolute atomic E-state index is 0.0680. The topological polar surface area (TPSA) is 81.1 Å². The summed E-state index contributed by atoms with van der Waals surface area (Å²) in [7, 11) is 0. The first-order valence-corrected chi connectivity index (χ1v) is 9.61. The highest BCUT2D eigenvalue weighted by Gasteiger charge is 2.35. The molecular weight excluding hydrogens is 372 g/mol.